The number of aromatic nitrogens is 2. The molecule has 2 aliphatic rings. The van der Waals surface area contributed by atoms with E-state index in [-0.39, 0.29) is 0 Å². The Balaban J connectivity index is 1.37. The lowest BCUT2D eigenvalue weighted by molar-refractivity contribution is 0.173. The third-order valence-electron chi connectivity index (χ3n) is 4.40. The predicted octanol–water partition coefficient (Wildman–Crippen LogP) is 1.96. The molecule has 1 N–H and O–H groups in total. The Morgan fingerprint density at radius 2 is 2.22 bits per heavy atom. The second kappa shape index (κ2) is 6.42. The third-order valence-corrected chi connectivity index (χ3v) is 4.40. The molecule has 0 bridgehead atoms. The van der Waals surface area contributed by atoms with Gasteiger partial charge in [-0.2, -0.15) is 5.10 Å². The molecular weight excluding hydrogens is 292 g/mol. The molecule has 1 saturated heterocycles. The van der Waals surface area contributed by atoms with E-state index in [1.807, 2.05) is 24.3 Å². The first kappa shape index (κ1) is 14.3. The van der Waals surface area contributed by atoms with Crippen molar-refractivity contribution in [3.8, 4) is 11.5 Å². The normalized spacial score (nSPS) is 19.3. The van der Waals surface area contributed by atoms with Gasteiger partial charge in [-0.15, -0.1) is 5.10 Å². The summed E-state index contributed by atoms with van der Waals surface area (Å²) in [5, 5.41) is 11.8. The molecule has 23 heavy (non-hydrogen) atoms. The van der Waals surface area contributed by atoms with Crippen LogP contribution >= 0.6 is 0 Å². The molecule has 0 aliphatic carbocycles. The van der Waals surface area contributed by atoms with Crippen molar-refractivity contribution in [2.24, 2.45) is 0 Å². The standard InChI is InChI=1S/C17H20N4O2/c1-4-13(17-15(6-1)22-12-23-17)10-18-11-14-5-3-9-21(14)16-7-2-8-19-20-16/h1-2,4,6-8,14,18H,3,5,9-12H2/t14-/m0/s1. The van der Waals surface area contributed by atoms with Crippen LogP contribution in [0.1, 0.15) is 18.4 Å². The zero-order valence-electron chi connectivity index (χ0n) is 12.9. The van der Waals surface area contributed by atoms with Gasteiger partial charge in [0.05, 0.1) is 0 Å². The Morgan fingerprint density at radius 3 is 3.13 bits per heavy atom. The smallest absolute Gasteiger partial charge is 0.231 e. The minimum atomic E-state index is 0.315. The summed E-state index contributed by atoms with van der Waals surface area (Å²) < 4.78 is 11.0. The van der Waals surface area contributed by atoms with Crippen LogP contribution in [0, 0.1) is 0 Å². The van der Waals surface area contributed by atoms with Gasteiger partial charge in [-0.25, -0.2) is 0 Å². The highest BCUT2D eigenvalue weighted by Gasteiger charge is 2.25. The maximum atomic E-state index is 5.55. The van der Waals surface area contributed by atoms with E-state index < -0.39 is 0 Å². The molecule has 120 valence electrons. The summed E-state index contributed by atoms with van der Waals surface area (Å²) in [5.41, 5.74) is 1.14. The number of para-hydroxylation sites is 1. The second-order valence-electron chi connectivity index (χ2n) is 5.85. The van der Waals surface area contributed by atoms with Crippen molar-refractivity contribution >= 4 is 5.82 Å². The highest BCUT2D eigenvalue weighted by Crippen LogP contribution is 2.35. The highest BCUT2D eigenvalue weighted by atomic mass is 16.7. The van der Waals surface area contributed by atoms with Gasteiger partial charge < -0.3 is 19.7 Å². The van der Waals surface area contributed by atoms with Gasteiger partial charge in [-0.3, -0.25) is 0 Å². The number of fused-ring (bicyclic) bond motifs is 1. The molecule has 1 fully saturated rings. The Morgan fingerprint density at radius 1 is 1.22 bits per heavy atom. The predicted molar refractivity (Wildman–Crippen MR) is 86.7 cm³/mol. The number of benzene rings is 1. The number of nitrogens with zero attached hydrogens (tertiary/aromatic N) is 3. The lowest BCUT2D eigenvalue weighted by Gasteiger charge is -2.25. The van der Waals surface area contributed by atoms with Gasteiger partial charge in [0, 0.05) is 37.4 Å². The van der Waals surface area contributed by atoms with Crippen molar-refractivity contribution in [3.63, 3.8) is 0 Å². The zero-order chi connectivity index (χ0) is 15.5. The maximum absolute atomic E-state index is 5.55. The summed E-state index contributed by atoms with van der Waals surface area (Å²) in [7, 11) is 0. The fraction of sp³-hybridized carbons (Fsp3) is 0.412. The number of rotatable bonds is 5. The van der Waals surface area contributed by atoms with Gasteiger partial charge >= 0.3 is 0 Å². The lowest BCUT2D eigenvalue weighted by atomic mass is 10.1. The molecule has 1 aromatic heterocycles. The van der Waals surface area contributed by atoms with Crippen LogP contribution in [-0.2, 0) is 6.54 Å². The van der Waals surface area contributed by atoms with E-state index >= 15 is 0 Å². The Labute approximate surface area is 135 Å². The van der Waals surface area contributed by atoms with Crippen LogP contribution in [0.4, 0.5) is 5.82 Å². The number of ether oxygens (including phenoxy) is 2. The van der Waals surface area contributed by atoms with Gasteiger partial charge in [0.1, 0.15) is 0 Å². The van der Waals surface area contributed by atoms with Crippen LogP contribution in [0.3, 0.4) is 0 Å². The topological polar surface area (TPSA) is 59.5 Å². The van der Waals surface area contributed by atoms with Crippen LogP contribution in [-0.4, -0.2) is 36.1 Å². The van der Waals surface area contributed by atoms with E-state index in [1.54, 1.807) is 6.20 Å². The van der Waals surface area contributed by atoms with Crippen molar-refractivity contribution in [2.45, 2.75) is 25.4 Å². The second-order valence-corrected chi connectivity index (χ2v) is 5.85. The van der Waals surface area contributed by atoms with E-state index in [0.29, 0.717) is 12.8 Å². The van der Waals surface area contributed by atoms with Crippen LogP contribution in [0.15, 0.2) is 36.5 Å². The zero-order valence-corrected chi connectivity index (χ0v) is 12.9. The summed E-state index contributed by atoms with van der Waals surface area (Å²) in [6.07, 6.45) is 4.08. The molecule has 0 spiro atoms. The lowest BCUT2D eigenvalue weighted by Crippen LogP contribution is -2.38. The molecule has 0 radical (unpaired) electrons. The van der Waals surface area contributed by atoms with Crippen molar-refractivity contribution < 1.29 is 9.47 Å². The molecule has 3 heterocycles. The monoisotopic (exact) mass is 312 g/mol. The summed E-state index contributed by atoms with van der Waals surface area (Å²) in [4.78, 5) is 2.34. The van der Waals surface area contributed by atoms with E-state index in [4.69, 9.17) is 9.47 Å². The minimum Gasteiger partial charge on any atom is -0.454 e. The summed E-state index contributed by atoms with van der Waals surface area (Å²) in [5.74, 6) is 2.68. The summed E-state index contributed by atoms with van der Waals surface area (Å²) >= 11 is 0. The summed E-state index contributed by atoms with van der Waals surface area (Å²) in [6.45, 7) is 3.05. The minimum absolute atomic E-state index is 0.315. The molecule has 0 saturated carbocycles. The average Bonchev–Trinajstić information content (AvgIpc) is 3.25. The fourth-order valence-electron chi connectivity index (χ4n) is 3.30. The first-order chi connectivity index (χ1) is 11.4. The largest absolute Gasteiger partial charge is 0.454 e. The molecule has 2 aliphatic heterocycles. The molecular formula is C17H20N4O2. The maximum Gasteiger partial charge on any atom is 0.231 e. The van der Waals surface area contributed by atoms with Gasteiger partial charge in [-0.1, -0.05) is 12.1 Å². The highest BCUT2D eigenvalue weighted by molar-refractivity contribution is 5.48. The molecule has 0 amide bonds. The van der Waals surface area contributed by atoms with E-state index in [1.165, 1.54) is 12.8 Å². The van der Waals surface area contributed by atoms with Gasteiger partial charge in [0.2, 0.25) is 6.79 Å². The average molecular weight is 312 g/mol. The molecule has 4 rings (SSSR count). The van der Waals surface area contributed by atoms with Crippen LogP contribution in [0.5, 0.6) is 11.5 Å². The first-order valence-corrected chi connectivity index (χ1v) is 8.04. The fourth-order valence-corrected chi connectivity index (χ4v) is 3.30. The number of hydrogen-bond donors (Lipinski definition) is 1. The Hall–Kier alpha value is -2.34. The van der Waals surface area contributed by atoms with Crippen LogP contribution < -0.4 is 19.7 Å². The van der Waals surface area contributed by atoms with Crippen LogP contribution in [0.25, 0.3) is 0 Å². The van der Waals surface area contributed by atoms with Gasteiger partial charge in [-0.05, 0) is 31.0 Å². The Kier molecular flexibility index (Phi) is 3.98. The van der Waals surface area contributed by atoms with Crippen LogP contribution in [0.2, 0.25) is 0 Å². The quantitative estimate of drug-likeness (QED) is 0.911. The summed E-state index contributed by atoms with van der Waals surface area (Å²) in [6, 6.07) is 10.5. The molecule has 1 aromatic carbocycles. The Bertz CT molecular complexity index is 665. The van der Waals surface area contributed by atoms with Crippen molar-refractivity contribution in [1.82, 2.24) is 15.5 Å². The molecule has 6 nitrogen and oxygen atoms in total. The molecule has 2 aromatic rings. The van der Waals surface area contributed by atoms with Gasteiger partial charge in [0.15, 0.2) is 17.3 Å². The molecule has 6 heteroatoms. The number of nitrogens with one attached hydrogen (secondary N) is 1. The third kappa shape index (κ3) is 2.94. The van der Waals surface area contributed by atoms with Crippen molar-refractivity contribution in [2.75, 3.05) is 24.8 Å². The van der Waals surface area contributed by atoms with E-state index in [9.17, 15) is 0 Å². The number of anilines is 1. The molecule has 0 unspecified atom stereocenters. The van der Waals surface area contributed by atoms with Crippen molar-refractivity contribution in [3.05, 3.63) is 42.1 Å². The van der Waals surface area contributed by atoms with Crippen molar-refractivity contribution in [1.29, 1.82) is 0 Å². The SMILES string of the molecule is c1cnnc(N2CCC[C@H]2CNCc2cccc3c2OCO3)c1. The van der Waals surface area contributed by atoms with E-state index in [0.717, 1.165) is 42.5 Å². The molecule has 1 atom stereocenters. The van der Waals surface area contributed by atoms with E-state index in [2.05, 4.69) is 26.5 Å². The first-order valence-electron chi connectivity index (χ1n) is 8.04. The number of hydrogen-bond acceptors (Lipinski definition) is 6. The van der Waals surface area contributed by atoms with Gasteiger partial charge in [0.25, 0.3) is 0 Å².